The standard InChI is InChI=1S/C16H17F2N/c1-10-4-5-11(2)14(8-10)12(3)19-16-9-13(17)6-7-15(16)18/h4-9,12,19H,1-3H3. The highest BCUT2D eigenvalue weighted by molar-refractivity contribution is 5.48. The van der Waals surface area contributed by atoms with E-state index in [0.717, 1.165) is 28.8 Å². The van der Waals surface area contributed by atoms with E-state index >= 15 is 0 Å². The van der Waals surface area contributed by atoms with Crippen LogP contribution in [-0.4, -0.2) is 0 Å². The molecule has 2 aromatic rings. The largest absolute Gasteiger partial charge is 0.376 e. The van der Waals surface area contributed by atoms with Crippen molar-refractivity contribution >= 4 is 5.69 Å². The predicted octanol–water partition coefficient (Wildman–Crippen LogP) is 4.75. The Bertz CT molecular complexity index is 593. The van der Waals surface area contributed by atoms with E-state index < -0.39 is 11.6 Å². The van der Waals surface area contributed by atoms with Gasteiger partial charge in [0.2, 0.25) is 0 Å². The fourth-order valence-electron chi connectivity index (χ4n) is 2.15. The van der Waals surface area contributed by atoms with Gasteiger partial charge in [0.05, 0.1) is 5.69 Å². The summed E-state index contributed by atoms with van der Waals surface area (Å²) in [6.07, 6.45) is 0. The Morgan fingerprint density at radius 2 is 1.74 bits per heavy atom. The second-order valence-corrected chi connectivity index (χ2v) is 4.85. The number of nitrogens with one attached hydrogen (secondary N) is 1. The average Bonchev–Trinajstić information content (AvgIpc) is 2.36. The molecule has 1 atom stereocenters. The van der Waals surface area contributed by atoms with Crippen LogP contribution in [0.2, 0.25) is 0 Å². The average molecular weight is 261 g/mol. The number of hydrogen-bond donors (Lipinski definition) is 1. The third-order valence-electron chi connectivity index (χ3n) is 3.20. The van der Waals surface area contributed by atoms with Gasteiger partial charge in [0.25, 0.3) is 0 Å². The molecule has 1 nitrogen and oxygen atoms in total. The molecule has 0 bridgehead atoms. The molecule has 100 valence electrons. The zero-order valence-corrected chi connectivity index (χ0v) is 11.3. The number of hydrogen-bond acceptors (Lipinski definition) is 1. The van der Waals surface area contributed by atoms with Gasteiger partial charge < -0.3 is 5.32 Å². The molecule has 0 saturated heterocycles. The quantitative estimate of drug-likeness (QED) is 0.840. The molecule has 0 aliphatic heterocycles. The maximum absolute atomic E-state index is 13.6. The van der Waals surface area contributed by atoms with Crippen molar-refractivity contribution in [3.63, 3.8) is 0 Å². The maximum Gasteiger partial charge on any atom is 0.146 e. The summed E-state index contributed by atoms with van der Waals surface area (Å²) in [5.74, 6) is -0.893. The summed E-state index contributed by atoms with van der Waals surface area (Å²) in [5.41, 5.74) is 3.55. The fourth-order valence-corrected chi connectivity index (χ4v) is 2.15. The van der Waals surface area contributed by atoms with E-state index in [1.54, 1.807) is 0 Å². The minimum Gasteiger partial charge on any atom is -0.376 e. The molecule has 0 fully saturated rings. The van der Waals surface area contributed by atoms with Gasteiger partial charge in [-0.3, -0.25) is 0 Å². The van der Waals surface area contributed by atoms with Crippen molar-refractivity contribution in [3.05, 3.63) is 64.7 Å². The number of benzene rings is 2. The highest BCUT2D eigenvalue weighted by atomic mass is 19.1. The molecule has 0 aliphatic rings. The van der Waals surface area contributed by atoms with Crippen LogP contribution in [-0.2, 0) is 0 Å². The van der Waals surface area contributed by atoms with Crippen LogP contribution in [0, 0.1) is 25.5 Å². The van der Waals surface area contributed by atoms with Crippen molar-refractivity contribution in [2.75, 3.05) is 5.32 Å². The molecule has 19 heavy (non-hydrogen) atoms. The van der Waals surface area contributed by atoms with Crippen LogP contribution in [0.25, 0.3) is 0 Å². The molecule has 0 heterocycles. The molecule has 2 rings (SSSR count). The van der Waals surface area contributed by atoms with Crippen molar-refractivity contribution < 1.29 is 8.78 Å². The van der Waals surface area contributed by atoms with Crippen molar-refractivity contribution in [1.82, 2.24) is 0 Å². The van der Waals surface area contributed by atoms with Gasteiger partial charge in [0.15, 0.2) is 0 Å². The Labute approximate surface area is 112 Å². The Morgan fingerprint density at radius 1 is 1.00 bits per heavy atom. The number of halogens is 2. The molecule has 0 radical (unpaired) electrons. The van der Waals surface area contributed by atoms with E-state index in [1.807, 2.05) is 32.9 Å². The van der Waals surface area contributed by atoms with Crippen LogP contribution >= 0.6 is 0 Å². The summed E-state index contributed by atoms with van der Waals surface area (Å²) >= 11 is 0. The minimum absolute atomic E-state index is 0.0869. The number of aryl methyl sites for hydroxylation is 2. The highest BCUT2D eigenvalue weighted by Crippen LogP contribution is 2.25. The van der Waals surface area contributed by atoms with Crippen molar-refractivity contribution in [3.8, 4) is 0 Å². The van der Waals surface area contributed by atoms with Gasteiger partial charge in [0.1, 0.15) is 11.6 Å². The molecule has 2 aromatic carbocycles. The Morgan fingerprint density at radius 3 is 2.47 bits per heavy atom. The lowest BCUT2D eigenvalue weighted by Crippen LogP contribution is -2.10. The Kier molecular flexibility index (Phi) is 3.84. The summed E-state index contributed by atoms with van der Waals surface area (Å²) in [5, 5.41) is 3.02. The van der Waals surface area contributed by atoms with Gasteiger partial charge in [-0.1, -0.05) is 23.8 Å². The molecular formula is C16H17F2N. The summed E-state index contributed by atoms with van der Waals surface area (Å²) in [4.78, 5) is 0. The lowest BCUT2D eigenvalue weighted by Gasteiger charge is -2.19. The van der Waals surface area contributed by atoms with Crippen LogP contribution < -0.4 is 5.32 Å². The molecule has 1 N–H and O–H groups in total. The lowest BCUT2D eigenvalue weighted by molar-refractivity contribution is 0.600. The molecule has 1 unspecified atom stereocenters. The summed E-state index contributed by atoms with van der Waals surface area (Å²) in [6, 6.07) is 9.47. The van der Waals surface area contributed by atoms with E-state index in [9.17, 15) is 8.78 Å². The maximum atomic E-state index is 13.6. The number of rotatable bonds is 3. The second-order valence-electron chi connectivity index (χ2n) is 4.85. The van der Waals surface area contributed by atoms with Crippen LogP contribution in [0.5, 0.6) is 0 Å². The van der Waals surface area contributed by atoms with E-state index in [-0.39, 0.29) is 11.7 Å². The topological polar surface area (TPSA) is 12.0 Å². The van der Waals surface area contributed by atoms with E-state index in [1.165, 1.54) is 6.07 Å². The SMILES string of the molecule is Cc1ccc(C)c(C(C)Nc2cc(F)ccc2F)c1. The number of anilines is 1. The first-order chi connectivity index (χ1) is 8.97. The summed E-state index contributed by atoms with van der Waals surface area (Å²) < 4.78 is 26.7. The van der Waals surface area contributed by atoms with Crippen LogP contribution in [0.15, 0.2) is 36.4 Å². The summed E-state index contributed by atoms with van der Waals surface area (Å²) in [6.45, 7) is 5.96. The van der Waals surface area contributed by atoms with Crippen LogP contribution in [0.3, 0.4) is 0 Å². The van der Waals surface area contributed by atoms with Crippen LogP contribution in [0.1, 0.15) is 29.7 Å². The first kappa shape index (κ1) is 13.5. The van der Waals surface area contributed by atoms with E-state index in [4.69, 9.17) is 0 Å². The molecule has 0 aromatic heterocycles. The highest BCUT2D eigenvalue weighted by Gasteiger charge is 2.11. The van der Waals surface area contributed by atoms with Crippen LogP contribution in [0.4, 0.5) is 14.5 Å². The third-order valence-corrected chi connectivity index (χ3v) is 3.20. The molecule has 0 amide bonds. The van der Waals surface area contributed by atoms with Gasteiger partial charge in [0, 0.05) is 6.04 Å². The van der Waals surface area contributed by atoms with E-state index in [0.29, 0.717) is 0 Å². The van der Waals surface area contributed by atoms with Crippen molar-refractivity contribution in [2.24, 2.45) is 0 Å². The smallest absolute Gasteiger partial charge is 0.146 e. The predicted molar refractivity (Wildman–Crippen MR) is 74.3 cm³/mol. The van der Waals surface area contributed by atoms with Gasteiger partial charge in [-0.15, -0.1) is 0 Å². The van der Waals surface area contributed by atoms with Gasteiger partial charge in [-0.05, 0) is 50.1 Å². The molecule has 0 spiro atoms. The molecule has 0 saturated carbocycles. The zero-order chi connectivity index (χ0) is 14.0. The van der Waals surface area contributed by atoms with Crippen molar-refractivity contribution in [2.45, 2.75) is 26.8 Å². The monoisotopic (exact) mass is 261 g/mol. The zero-order valence-electron chi connectivity index (χ0n) is 11.3. The Balaban J connectivity index is 2.27. The first-order valence-corrected chi connectivity index (χ1v) is 6.26. The van der Waals surface area contributed by atoms with E-state index in [2.05, 4.69) is 11.4 Å². The second kappa shape index (κ2) is 5.39. The Hall–Kier alpha value is -1.90. The lowest BCUT2D eigenvalue weighted by atomic mass is 10.00. The molecule has 3 heteroatoms. The van der Waals surface area contributed by atoms with Gasteiger partial charge in [-0.2, -0.15) is 0 Å². The van der Waals surface area contributed by atoms with Gasteiger partial charge in [-0.25, -0.2) is 8.78 Å². The summed E-state index contributed by atoms with van der Waals surface area (Å²) in [7, 11) is 0. The molecular weight excluding hydrogens is 244 g/mol. The first-order valence-electron chi connectivity index (χ1n) is 6.26. The third kappa shape index (κ3) is 3.11. The molecule has 0 aliphatic carbocycles. The van der Waals surface area contributed by atoms with Gasteiger partial charge >= 0.3 is 0 Å². The fraction of sp³-hybridized carbons (Fsp3) is 0.250. The normalized spacial score (nSPS) is 12.3. The minimum atomic E-state index is -0.447. The van der Waals surface area contributed by atoms with Crippen molar-refractivity contribution in [1.29, 1.82) is 0 Å².